The minimum atomic E-state index is -3.48. The van der Waals surface area contributed by atoms with Crippen LogP contribution in [0.5, 0.6) is 5.75 Å². The summed E-state index contributed by atoms with van der Waals surface area (Å²) in [7, 11) is -1.97. The van der Waals surface area contributed by atoms with Crippen LogP contribution >= 0.6 is 0 Å². The number of ether oxygens (including phenoxy) is 1. The first-order valence-electron chi connectivity index (χ1n) is 6.14. The molecule has 0 bridgehead atoms. The van der Waals surface area contributed by atoms with Crippen LogP contribution in [0.25, 0.3) is 0 Å². The zero-order valence-corrected chi connectivity index (χ0v) is 11.7. The highest BCUT2D eigenvalue weighted by molar-refractivity contribution is 7.89. The Morgan fingerprint density at radius 1 is 1.42 bits per heavy atom. The Hall–Kier alpha value is -1.37. The summed E-state index contributed by atoms with van der Waals surface area (Å²) in [5.74, 6) is 0.531. The first-order chi connectivity index (χ1) is 9.12. The average Bonchev–Trinajstić information content (AvgIpc) is 2.46. The summed E-state index contributed by atoms with van der Waals surface area (Å²) in [6, 6.07) is 6.45. The van der Waals surface area contributed by atoms with Crippen LogP contribution < -0.4 is 14.8 Å². The van der Waals surface area contributed by atoms with Crippen molar-refractivity contribution in [3.05, 3.63) is 35.9 Å². The van der Waals surface area contributed by atoms with Gasteiger partial charge in [0, 0.05) is 19.2 Å². The van der Waals surface area contributed by atoms with Gasteiger partial charge in [-0.3, -0.25) is 0 Å². The highest BCUT2D eigenvalue weighted by Gasteiger charge is 2.15. The van der Waals surface area contributed by atoms with Crippen LogP contribution in [0, 0.1) is 0 Å². The molecular weight excluding hydrogens is 264 g/mol. The lowest BCUT2D eigenvalue weighted by Crippen LogP contribution is -2.29. The van der Waals surface area contributed by atoms with Crippen molar-refractivity contribution >= 4 is 10.0 Å². The number of benzene rings is 1. The van der Waals surface area contributed by atoms with Gasteiger partial charge in [0.15, 0.2) is 0 Å². The molecular formula is C13H18N2O3S. The van der Waals surface area contributed by atoms with Crippen LogP contribution in [0.2, 0.25) is 0 Å². The van der Waals surface area contributed by atoms with Gasteiger partial charge >= 0.3 is 0 Å². The van der Waals surface area contributed by atoms with Gasteiger partial charge in [0.2, 0.25) is 10.0 Å². The molecule has 0 radical (unpaired) electrons. The third-order valence-electron chi connectivity index (χ3n) is 3.00. The molecule has 104 valence electrons. The maximum Gasteiger partial charge on any atom is 0.240 e. The third-order valence-corrected chi connectivity index (χ3v) is 4.40. The molecule has 5 nitrogen and oxygen atoms in total. The fourth-order valence-electron chi connectivity index (χ4n) is 1.87. The largest absolute Gasteiger partial charge is 0.497 e. The van der Waals surface area contributed by atoms with Crippen LogP contribution in [0.4, 0.5) is 0 Å². The Bertz CT molecular complexity index is 567. The van der Waals surface area contributed by atoms with Crippen LogP contribution in [-0.4, -0.2) is 35.2 Å². The molecule has 1 aliphatic rings. The minimum absolute atomic E-state index is 0.224. The van der Waals surface area contributed by atoms with E-state index in [9.17, 15) is 8.42 Å². The lowest BCUT2D eigenvalue weighted by Gasteiger charge is -2.15. The normalized spacial score (nSPS) is 15.9. The maximum atomic E-state index is 12.1. The van der Waals surface area contributed by atoms with Gasteiger partial charge in [-0.15, -0.1) is 0 Å². The van der Waals surface area contributed by atoms with Crippen molar-refractivity contribution in [2.24, 2.45) is 0 Å². The fraction of sp³-hybridized carbons (Fsp3) is 0.385. The van der Waals surface area contributed by atoms with E-state index in [0.717, 1.165) is 25.1 Å². The minimum Gasteiger partial charge on any atom is -0.497 e. The van der Waals surface area contributed by atoms with Crippen LogP contribution in [-0.2, 0) is 10.0 Å². The number of nitrogens with one attached hydrogen (secondary N) is 2. The molecule has 1 aliphatic heterocycles. The van der Waals surface area contributed by atoms with Gasteiger partial charge in [-0.25, -0.2) is 13.1 Å². The third kappa shape index (κ3) is 3.79. The van der Waals surface area contributed by atoms with E-state index in [1.165, 1.54) is 13.2 Å². The van der Waals surface area contributed by atoms with Gasteiger partial charge in [0.05, 0.1) is 12.0 Å². The van der Waals surface area contributed by atoms with Crippen molar-refractivity contribution in [2.45, 2.75) is 11.3 Å². The first-order valence-corrected chi connectivity index (χ1v) is 7.62. The number of hydrogen-bond donors (Lipinski definition) is 2. The zero-order chi connectivity index (χ0) is 13.7. The van der Waals surface area contributed by atoms with Crippen LogP contribution in [0.1, 0.15) is 6.42 Å². The Balaban J connectivity index is 2.07. The van der Waals surface area contributed by atoms with Gasteiger partial charge in [0.25, 0.3) is 0 Å². The van der Waals surface area contributed by atoms with Gasteiger partial charge in [0.1, 0.15) is 5.75 Å². The second kappa shape index (κ2) is 6.18. The molecule has 0 saturated carbocycles. The molecule has 1 aromatic rings. The first kappa shape index (κ1) is 14.0. The molecule has 1 heterocycles. The van der Waals surface area contributed by atoms with E-state index in [-0.39, 0.29) is 4.90 Å². The molecule has 1 aromatic carbocycles. The number of rotatable bonds is 5. The van der Waals surface area contributed by atoms with Crippen molar-refractivity contribution in [3.8, 4) is 5.75 Å². The van der Waals surface area contributed by atoms with Gasteiger partial charge in [-0.1, -0.05) is 17.7 Å². The van der Waals surface area contributed by atoms with Gasteiger partial charge in [-0.2, -0.15) is 0 Å². The van der Waals surface area contributed by atoms with E-state index in [4.69, 9.17) is 4.74 Å². The topological polar surface area (TPSA) is 67.4 Å². The molecule has 0 unspecified atom stereocenters. The Morgan fingerprint density at radius 3 is 2.95 bits per heavy atom. The summed E-state index contributed by atoms with van der Waals surface area (Å²) >= 11 is 0. The SMILES string of the molecule is COc1cccc(S(=O)(=O)NCC2=CCNCC2)c1. The molecule has 0 atom stereocenters. The van der Waals surface area contributed by atoms with E-state index in [1.54, 1.807) is 18.2 Å². The highest BCUT2D eigenvalue weighted by Crippen LogP contribution is 2.17. The van der Waals surface area contributed by atoms with Crippen molar-refractivity contribution in [2.75, 3.05) is 26.7 Å². The highest BCUT2D eigenvalue weighted by atomic mass is 32.2. The number of sulfonamides is 1. The molecule has 0 spiro atoms. The second-order valence-electron chi connectivity index (χ2n) is 4.32. The van der Waals surface area contributed by atoms with E-state index in [0.29, 0.717) is 12.3 Å². The molecule has 0 aromatic heterocycles. The Labute approximate surface area is 113 Å². The van der Waals surface area contributed by atoms with E-state index in [2.05, 4.69) is 10.0 Å². The van der Waals surface area contributed by atoms with E-state index in [1.807, 2.05) is 6.08 Å². The molecule has 0 aliphatic carbocycles. The molecule has 0 fully saturated rings. The summed E-state index contributed by atoms with van der Waals surface area (Å²) in [6.45, 7) is 2.06. The van der Waals surface area contributed by atoms with Crippen molar-refractivity contribution < 1.29 is 13.2 Å². The molecule has 2 N–H and O–H groups in total. The van der Waals surface area contributed by atoms with Crippen LogP contribution in [0.3, 0.4) is 0 Å². The lowest BCUT2D eigenvalue weighted by molar-refractivity contribution is 0.413. The summed E-state index contributed by atoms with van der Waals surface area (Å²) in [5.41, 5.74) is 1.12. The van der Waals surface area contributed by atoms with Gasteiger partial charge in [-0.05, 0) is 25.1 Å². The molecule has 0 saturated heterocycles. The Kier molecular flexibility index (Phi) is 4.57. The number of hydrogen-bond acceptors (Lipinski definition) is 4. The molecule has 0 amide bonds. The monoisotopic (exact) mass is 282 g/mol. The van der Waals surface area contributed by atoms with Crippen molar-refractivity contribution in [3.63, 3.8) is 0 Å². The lowest BCUT2D eigenvalue weighted by atomic mass is 10.1. The zero-order valence-electron chi connectivity index (χ0n) is 10.8. The number of methoxy groups -OCH3 is 1. The van der Waals surface area contributed by atoms with Crippen LogP contribution in [0.15, 0.2) is 40.8 Å². The smallest absolute Gasteiger partial charge is 0.240 e. The summed E-state index contributed by atoms with van der Waals surface area (Å²) < 4.78 is 31.9. The van der Waals surface area contributed by atoms with E-state index >= 15 is 0 Å². The molecule has 6 heteroatoms. The average molecular weight is 282 g/mol. The van der Waals surface area contributed by atoms with E-state index < -0.39 is 10.0 Å². The van der Waals surface area contributed by atoms with Gasteiger partial charge < -0.3 is 10.1 Å². The van der Waals surface area contributed by atoms with Crippen molar-refractivity contribution in [1.82, 2.24) is 10.0 Å². The quantitative estimate of drug-likeness (QED) is 0.787. The summed E-state index contributed by atoms with van der Waals surface area (Å²) in [6.07, 6.45) is 2.90. The molecule has 19 heavy (non-hydrogen) atoms. The maximum absolute atomic E-state index is 12.1. The standard InChI is InChI=1S/C13H18N2O3S/c1-18-12-3-2-4-13(9-12)19(16,17)15-10-11-5-7-14-8-6-11/h2-5,9,14-15H,6-8,10H2,1H3. The summed E-state index contributed by atoms with van der Waals surface area (Å²) in [5, 5.41) is 3.19. The second-order valence-corrected chi connectivity index (χ2v) is 6.09. The predicted octanol–water partition coefficient (Wildman–Crippen LogP) is 0.893. The molecule has 2 rings (SSSR count). The van der Waals surface area contributed by atoms with Crippen molar-refractivity contribution in [1.29, 1.82) is 0 Å². The fourth-order valence-corrected chi connectivity index (χ4v) is 2.94. The Morgan fingerprint density at radius 2 is 2.26 bits per heavy atom. The summed E-state index contributed by atoms with van der Waals surface area (Å²) in [4.78, 5) is 0.224. The predicted molar refractivity (Wildman–Crippen MR) is 73.8 cm³/mol.